The van der Waals surface area contributed by atoms with E-state index in [1.807, 2.05) is 45.0 Å². The molecule has 0 fully saturated rings. The molecule has 0 atom stereocenters. The molecule has 2 aromatic heterocycles. The second kappa shape index (κ2) is 8.53. The van der Waals surface area contributed by atoms with Crippen molar-refractivity contribution in [1.29, 1.82) is 0 Å². The lowest BCUT2D eigenvalue weighted by atomic mass is 10.1. The van der Waals surface area contributed by atoms with Crippen molar-refractivity contribution in [3.63, 3.8) is 0 Å². The van der Waals surface area contributed by atoms with Crippen LogP contribution in [0.5, 0.6) is 0 Å². The van der Waals surface area contributed by atoms with Crippen molar-refractivity contribution in [2.24, 2.45) is 5.92 Å². The molecule has 32 heavy (non-hydrogen) atoms. The summed E-state index contributed by atoms with van der Waals surface area (Å²) >= 11 is 0. The maximum Gasteiger partial charge on any atom is 0.337 e. The molecule has 2 aromatic carbocycles. The summed E-state index contributed by atoms with van der Waals surface area (Å²) in [6, 6.07) is 10.8. The van der Waals surface area contributed by atoms with Crippen LogP contribution in [0.25, 0.3) is 16.9 Å². The molecule has 0 amide bonds. The third-order valence-corrected chi connectivity index (χ3v) is 5.45. The van der Waals surface area contributed by atoms with Gasteiger partial charge in [-0.2, -0.15) is 0 Å². The van der Waals surface area contributed by atoms with E-state index in [0.29, 0.717) is 19.0 Å². The minimum atomic E-state index is -0.907. The minimum Gasteiger partial charge on any atom is -0.320 e. The van der Waals surface area contributed by atoms with E-state index in [0.717, 1.165) is 26.3 Å². The molecular formula is C24H24F2N4O2. The Balaban J connectivity index is 1.97. The number of benzene rings is 2. The summed E-state index contributed by atoms with van der Waals surface area (Å²) in [4.78, 5) is 30.9. The Morgan fingerprint density at radius 1 is 1.03 bits per heavy atom. The lowest BCUT2D eigenvalue weighted by molar-refractivity contribution is 0.490. The van der Waals surface area contributed by atoms with Gasteiger partial charge in [-0.3, -0.25) is 9.36 Å². The fourth-order valence-electron chi connectivity index (χ4n) is 3.65. The number of hydrogen-bond donors (Lipinski definition) is 0. The predicted octanol–water partition coefficient (Wildman–Crippen LogP) is 4.03. The smallest absolute Gasteiger partial charge is 0.320 e. The van der Waals surface area contributed by atoms with Crippen LogP contribution >= 0.6 is 0 Å². The highest BCUT2D eigenvalue weighted by atomic mass is 19.1. The van der Waals surface area contributed by atoms with E-state index < -0.39 is 22.9 Å². The Morgan fingerprint density at radius 2 is 1.75 bits per heavy atom. The van der Waals surface area contributed by atoms with Gasteiger partial charge in [0.05, 0.1) is 12.0 Å². The van der Waals surface area contributed by atoms with E-state index >= 15 is 0 Å². The zero-order valence-corrected chi connectivity index (χ0v) is 18.2. The predicted molar refractivity (Wildman–Crippen MR) is 119 cm³/mol. The molecule has 0 aliphatic rings. The van der Waals surface area contributed by atoms with Crippen molar-refractivity contribution in [3.8, 4) is 5.69 Å². The van der Waals surface area contributed by atoms with Crippen LogP contribution in [0.4, 0.5) is 8.78 Å². The van der Waals surface area contributed by atoms with E-state index in [1.54, 1.807) is 4.57 Å². The van der Waals surface area contributed by atoms with Gasteiger partial charge in [0.2, 0.25) is 0 Å². The molecule has 8 heteroatoms. The van der Waals surface area contributed by atoms with Gasteiger partial charge < -0.3 is 4.57 Å². The third-order valence-electron chi connectivity index (χ3n) is 5.45. The third kappa shape index (κ3) is 4.00. The number of nitrogens with zero attached hydrogens (tertiary/aromatic N) is 4. The minimum absolute atomic E-state index is 0.0402. The molecule has 0 unspecified atom stereocenters. The van der Waals surface area contributed by atoms with Crippen LogP contribution in [0.3, 0.4) is 0 Å². The standard InChI is InChI=1S/C24H24F2N4O2/c1-15(2)10-11-29-23(31)21-22(27-14-28(21)13-17-6-4-16(3)5-7-17)30(24(29)32)20-9-8-18(25)12-19(20)26/h4-9,12,14-15H,10-11,13H2,1-3H3. The first-order valence-electron chi connectivity index (χ1n) is 10.5. The Morgan fingerprint density at radius 3 is 2.41 bits per heavy atom. The number of aromatic nitrogens is 4. The van der Waals surface area contributed by atoms with Crippen LogP contribution in [0, 0.1) is 24.5 Å². The van der Waals surface area contributed by atoms with Crippen molar-refractivity contribution in [3.05, 3.63) is 92.4 Å². The molecule has 0 saturated carbocycles. The fraction of sp³-hybridized carbons (Fsp3) is 0.292. The van der Waals surface area contributed by atoms with Gasteiger partial charge in [-0.1, -0.05) is 43.7 Å². The first-order chi connectivity index (χ1) is 15.3. The molecule has 166 valence electrons. The zero-order chi connectivity index (χ0) is 23.0. The van der Waals surface area contributed by atoms with Gasteiger partial charge >= 0.3 is 5.69 Å². The van der Waals surface area contributed by atoms with Gasteiger partial charge in [0.25, 0.3) is 5.56 Å². The first-order valence-corrected chi connectivity index (χ1v) is 10.5. The van der Waals surface area contributed by atoms with Crippen LogP contribution in [0.2, 0.25) is 0 Å². The lowest BCUT2D eigenvalue weighted by Crippen LogP contribution is -2.40. The molecule has 4 rings (SSSR count). The normalized spacial score (nSPS) is 11.6. The SMILES string of the molecule is Cc1ccc(Cn2cnc3c2c(=O)n(CCC(C)C)c(=O)n3-c2ccc(F)cc2F)cc1. The van der Waals surface area contributed by atoms with E-state index in [2.05, 4.69) is 4.98 Å². The van der Waals surface area contributed by atoms with Gasteiger partial charge in [0, 0.05) is 19.2 Å². The molecular weight excluding hydrogens is 414 g/mol. The summed E-state index contributed by atoms with van der Waals surface area (Å²) in [5.74, 6) is -1.41. The first kappa shape index (κ1) is 21.7. The molecule has 0 saturated heterocycles. The number of imidazole rings is 1. The van der Waals surface area contributed by atoms with Gasteiger partial charge in [0.1, 0.15) is 11.6 Å². The molecule has 0 aliphatic carbocycles. The van der Waals surface area contributed by atoms with Gasteiger partial charge in [-0.15, -0.1) is 0 Å². The summed E-state index contributed by atoms with van der Waals surface area (Å²) < 4.78 is 32.0. The highest BCUT2D eigenvalue weighted by Gasteiger charge is 2.21. The van der Waals surface area contributed by atoms with Crippen molar-refractivity contribution in [2.75, 3.05) is 0 Å². The summed E-state index contributed by atoms with van der Waals surface area (Å²) in [7, 11) is 0. The quantitative estimate of drug-likeness (QED) is 0.457. The van der Waals surface area contributed by atoms with Crippen LogP contribution in [0.15, 0.2) is 58.4 Å². The van der Waals surface area contributed by atoms with Gasteiger partial charge in [-0.25, -0.2) is 23.1 Å². The molecule has 0 aliphatic heterocycles. The Labute approximate surface area is 183 Å². The number of aryl methyl sites for hydroxylation is 1. The van der Waals surface area contributed by atoms with Crippen LogP contribution < -0.4 is 11.2 Å². The Kier molecular flexibility index (Phi) is 5.78. The van der Waals surface area contributed by atoms with E-state index in [4.69, 9.17) is 0 Å². The van der Waals surface area contributed by atoms with Gasteiger partial charge in [0.15, 0.2) is 11.2 Å². The monoisotopic (exact) mass is 438 g/mol. The van der Waals surface area contributed by atoms with Crippen LogP contribution in [-0.4, -0.2) is 18.7 Å². The molecule has 0 radical (unpaired) electrons. The summed E-state index contributed by atoms with van der Waals surface area (Å²) in [6.45, 7) is 6.51. The molecule has 0 spiro atoms. The molecule has 6 nitrogen and oxygen atoms in total. The average molecular weight is 438 g/mol. The highest BCUT2D eigenvalue weighted by Crippen LogP contribution is 2.18. The molecule has 0 bridgehead atoms. The summed E-state index contributed by atoms with van der Waals surface area (Å²) in [5.41, 5.74) is 0.967. The van der Waals surface area contributed by atoms with Gasteiger partial charge in [-0.05, 0) is 37.0 Å². The topological polar surface area (TPSA) is 61.8 Å². The Hall–Kier alpha value is -3.55. The van der Waals surface area contributed by atoms with E-state index in [1.165, 1.54) is 12.4 Å². The van der Waals surface area contributed by atoms with Crippen molar-refractivity contribution in [2.45, 2.75) is 40.3 Å². The van der Waals surface area contributed by atoms with Crippen LogP contribution in [-0.2, 0) is 13.1 Å². The Bertz CT molecular complexity index is 1400. The summed E-state index contributed by atoms with van der Waals surface area (Å²) in [6.07, 6.45) is 2.06. The average Bonchev–Trinajstić information content (AvgIpc) is 3.14. The second-order valence-electron chi connectivity index (χ2n) is 8.38. The lowest BCUT2D eigenvalue weighted by Gasteiger charge is -2.14. The van der Waals surface area contributed by atoms with Crippen LogP contribution in [0.1, 0.15) is 31.4 Å². The number of fused-ring (bicyclic) bond motifs is 1. The van der Waals surface area contributed by atoms with Crippen molar-refractivity contribution >= 4 is 11.2 Å². The number of rotatable bonds is 6. The number of hydrogen-bond acceptors (Lipinski definition) is 3. The molecule has 2 heterocycles. The largest absolute Gasteiger partial charge is 0.337 e. The number of halogens is 2. The van der Waals surface area contributed by atoms with Crippen molar-refractivity contribution < 1.29 is 8.78 Å². The maximum absolute atomic E-state index is 14.7. The zero-order valence-electron chi connectivity index (χ0n) is 18.2. The molecule has 4 aromatic rings. The van der Waals surface area contributed by atoms with Crippen molar-refractivity contribution in [1.82, 2.24) is 18.7 Å². The maximum atomic E-state index is 14.7. The fourth-order valence-corrected chi connectivity index (χ4v) is 3.65. The van der Waals surface area contributed by atoms with E-state index in [-0.39, 0.29) is 29.3 Å². The highest BCUT2D eigenvalue weighted by molar-refractivity contribution is 5.72. The second-order valence-corrected chi connectivity index (χ2v) is 8.38. The molecule has 0 N–H and O–H groups in total. The van der Waals surface area contributed by atoms with E-state index in [9.17, 15) is 18.4 Å². The summed E-state index contributed by atoms with van der Waals surface area (Å²) in [5, 5.41) is 0.